The number of rotatable bonds is 4. The second-order valence-corrected chi connectivity index (χ2v) is 7.55. The number of carbonyl (C=O) groups is 1. The number of hydrogen-bond acceptors (Lipinski definition) is 5. The Kier molecular flexibility index (Phi) is 5.13. The second-order valence-electron chi connectivity index (χ2n) is 6.55. The van der Waals surface area contributed by atoms with Crippen LogP contribution in [0.5, 0.6) is 10.9 Å². The van der Waals surface area contributed by atoms with Crippen LogP contribution in [0.25, 0.3) is 10.2 Å². The Balaban J connectivity index is 1.37. The maximum atomic E-state index is 13.8. The molecule has 0 saturated carbocycles. The fourth-order valence-electron chi connectivity index (χ4n) is 3.22. The third-order valence-corrected chi connectivity index (χ3v) is 5.62. The Morgan fingerprint density at radius 1 is 1.18 bits per heavy atom. The molecule has 0 aliphatic carbocycles. The Morgan fingerprint density at radius 3 is 2.57 bits per heavy atom. The van der Waals surface area contributed by atoms with Crippen molar-refractivity contribution < 1.29 is 23.0 Å². The summed E-state index contributed by atoms with van der Waals surface area (Å²) in [6, 6.07) is 9.08. The Bertz CT molecular complexity index is 999. The molecule has 3 aromatic rings. The summed E-state index contributed by atoms with van der Waals surface area (Å²) < 4.78 is 38.5. The first-order valence-electron chi connectivity index (χ1n) is 8.89. The fourth-order valence-corrected chi connectivity index (χ4v) is 4.14. The highest BCUT2D eigenvalue weighted by atomic mass is 32.1. The quantitative estimate of drug-likeness (QED) is 0.652. The van der Waals surface area contributed by atoms with Gasteiger partial charge >= 0.3 is 0 Å². The largest absolute Gasteiger partial charge is 0.497 e. The number of likely N-dealkylation sites (tertiary alicyclic amines) is 1. The second kappa shape index (κ2) is 7.71. The number of nitrogens with zero attached hydrogens (tertiary/aromatic N) is 2. The van der Waals surface area contributed by atoms with Crippen LogP contribution in [0.2, 0.25) is 0 Å². The predicted octanol–water partition coefficient (Wildman–Crippen LogP) is 4.27. The van der Waals surface area contributed by atoms with E-state index >= 15 is 0 Å². The van der Waals surface area contributed by atoms with Crippen LogP contribution in [0.4, 0.5) is 8.78 Å². The number of aromatic nitrogens is 1. The number of thiazole rings is 1. The van der Waals surface area contributed by atoms with Crippen molar-refractivity contribution in [2.45, 2.75) is 18.9 Å². The Morgan fingerprint density at radius 2 is 1.89 bits per heavy atom. The van der Waals surface area contributed by atoms with E-state index < -0.39 is 11.6 Å². The lowest BCUT2D eigenvalue weighted by atomic mass is 10.1. The van der Waals surface area contributed by atoms with Crippen LogP contribution in [0.1, 0.15) is 23.2 Å². The number of piperidine rings is 1. The van der Waals surface area contributed by atoms with Crippen LogP contribution < -0.4 is 9.47 Å². The van der Waals surface area contributed by atoms with Crippen LogP contribution in [0, 0.1) is 11.6 Å². The van der Waals surface area contributed by atoms with Gasteiger partial charge < -0.3 is 14.4 Å². The summed E-state index contributed by atoms with van der Waals surface area (Å²) in [5.74, 6) is -0.652. The van der Waals surface area contributed by atoms with Crippen molar-refractivity contribution in [1.29, 1.82) is 0 Å². The molecule has 146 valence electrons. The van der Waals surface area contributed by atoms with Crippen LogP contribution in [0.15, 0.2) is 36.4 Å². The van der Waals surface area contributed by atoms with Gasteiger partial charge in [-0.1, -0.05) is 11.3 Å². The molecule has 1 amide bonds. The molecule has 1 aromatic heterocycles. The lowest BCUT2D eigenvalue weighted by molar-refractivity contribution is 0.0595. The average molecular weight is 404 g/mol. The maximum absolute atomic E-state index is 13.8. The number of amides is 1. The zero-order chi connectivity index (χ0) is 19.7. The van der Waals surface area contributed by atoms with Gasteiger partial charge in [-0.25, -0.2) is 8.78 Å². The average Bonchev–Trinajstić information content (AvgIpc) is 3.11. The predicted molar refractivity (Wildman–Crippen MR) is 102 cm³/mol. The number of methoxy groups -OCH3 is 1. The van der Waals surface area contributed by atoms with E-state index in [-0.39, 0.29) is 17.5 Å². The minimum atomic E-state index is -0.694. The van der Waals surface area contributed by atoms with E-state index in [4.69, 9.17) is 9.47 Å². The van der Waals surface area contributed by atoms with Crippen molar-refractivity contribution >= 4 is 27.5 Å². The number of hydrogen-bond donors (Lipinski definition) is 0. The van der Waals surface area contributed by atoms with Gasteiger partial charge in [0.15, 0.2) is 5.82 Å². The van der Waals surface area contributed by atoms with E-state index in [9.17, 15) is 13.6 Å². The van der Waals surface area contributed by atoms with Gasteiger partial charge in [0.25, 0.3) is 11.1 Å². The molecular formula is C20H18F2N2O3S. The highest BCUT2D eigenvalue weighted by Crippen LogP contribution is 2.32. The summed E-state index contributed by atoms with van der Waals surface area (Å²) in [6.07, 6.45) is 1.18. The molecule has 2 aromatic carbocycles. The SMILES string of the molecule is COc1ccc(C(=O)N2CCC(Oc3nc4c(F)cc(F)cc4s3)CC2)cc1. The minimum absolute atomic E-state index is 0.0290. The molecule has 0 N–H and O–H groups in total. The molecule has 0 spiro atoms. The number of fused-ring (bicyclic) bond motifs is 1. The van der Waals surface area contributed by atoms with Crippen molar-refractivity contribution in [2.24, 2.45) is 0 Å². The number of carbonyl (C=O) groups excluding carboxylic acids is 1. The van der Waals surface area contributed by atoms with E-state index in [2.05, 4.69) is 4.98 Å². The lowest BCUT2D eigenvalue weighted by Gasteiger charge is -2.31. The minimum Gasteiger partial charge on any atom is -0.497 e. The summed E-state index contributed by atoms with van der Waals surface area (Å²) in [7, 11) is 1.58. The molecule has 8 heteroatoms. The zero-order valence-electron chi connectivity index (χ0n) is 15.2. The maximum Gasteiger partial charge on any atom is 0.274 e. The Labute approximate surface area is 164 Å². The molecule has 1 aliphatic rings. The molecule has 4 rings (SSSR count). The van der Waals surface area contributed by atoms with Crippen molar-refractivity contribution in [3.8, 4) is 10.9 Å². The van der Waals surface area contributed by atoms with Gasteiger partial charge in [0.05, 0.1) is 11.8 Å². The zero-order valence-corrected chi connectivity index (χ0v) is 16.0. The highest BCUT2D eigenvalue weighted by Gasteiger charge is 2.25. The molecule has 28 heavy (non-hydrogen) atoms. The molecule has 0 atom stereocenters. The van der Waals surface area contributed by atoms with Crippen molar-refractivity contribution in [2.75, 3.05) is 20.2 Å². The monoisotopic (exact) mass is 404 g/mol. The van der Waals surface area contributed by atoms with E-state index in [0.29, 0.717) is 47.1 Å². The summed E-state index contributed by atoms with van der Waals surface area (Å²) in [6.45, 7) is 1.12. The number of halogens is 2. The van der Waals surface area contributed by atoms with Crippen molar-refractivity contribution in [3.63, 3.8) is 0 Å². The first-order valence-corrected chi connectivity index (χ1v) is 9.70. The highest BCUT2D eigenvalue weighted by molar-refractivity contribution is 7.20. The van der Waals surface area contributed by atoms with E-state index in [1.54, 1.807) is 36.3 Å². The molecule has 1 fully saturated rings. The summed E-state index contributed by atoms with van der Waals surface area (Å²) >= 11 is 1.12. The van der Waals surface area contributed by atoms with Gasteiger partial charge in [-0.2, -0.15) is 4.98 Å². The van der Waals surface area contributed by atoms with Gasteiger partial charge in [-0.15, -0.1) is 0 Å². The van der Waals surface area contributed by atoms with Crippen LogP contribution in [-0.4, -0.2) is 42.1 Å². The molecule has 2 heterocycles. The molecule has 0 unspecified atom stereocenters. The van der Waals surface area contributed by atoms with Gasteiger partial charge in [0.1, 0.15) is 23.2 Å². The third kappa shape index (κ3) is 3.77. The van der Waals surface area contributed by atoms with Gasteiger partial charge in [-0.05, 0) is 30.3 Å². The normalized spacial score (nSPS) is 15.0. The summed E-state index contributed by atoms with van der Waals surface area (Å²) in [5, 5.41) is 0.319. The van der Waals surface area contributed by atoms with Crippen LogP contribution in [0.3, 0.4) is 0 Å². The first-order chi connectivity index (χ1) is 13.5. The number of ether oxygens (including phenoxy) is 2. The fraction of sp³-hybridized carbons (Fsp3) is 0.300. The summed E-state index contributed by atoms with van der Waals surface area (Å²) in [4.78, 5) is 18.5. The van der Waals surface area contributed by atoms with Crippen LogP contribution in [-0.2, 0) is 0 Å². The van der Waals surface area contributed by atoms with Crippen molar-refractivity contribution in [3.05, 3.63) is 53.6 Å². The van der Waals surface area contributed by atoms with Gasteiger partial charge in [-0.3, -0.25) is 4.79 Å². The molecule has 0 radical (unpaired) electrons. The first kappa shape index (κ1) is 18.6. The summed E-state index contributed by atoms with van der Waals surface area (Å²) in [5.41, 5.74) is 0.734. The van der Waals surface area contributed by atoms with Crippen LogP contribution >= 0.6 is 11.3 Å². The molecular weight excluding hydrogens is 386 g/mol. The standard InChI is InChI=1S/C20H18F2N2O3S/c1-26-14-4-2-12(3-5-14)19(25)24-8-6-15(7-9-24)27-20-23-18-16(22)10-13(21)11-17(18)28-20/h2-5,10-11,15H,6-9H2,1H3. The van der Waals surface area contributed by atoms with Crippen molar-refractivity contribution in [1.82, 2.24) is 9.88 Å². The molecule has 5 nitrogen and oxygen atoms in total. The molecule has 1 saturated heterocycles. The van der Waals surface area contributed by atoms with Gasteiger partial charge in [0.2, 0.25) is 0 Å². The third-order valence-electron chi connectivity index (χ3n) is 4.73. The van der Waals surface area contributed by atoms with E-state index in [1.165, 1.54) is 6.07 Å². The van der Waals surface area contributed by atoms with Gasteiger partial charge in [0, 0.05) is 37.6 Å². The Hall–Kier alpha value is -2.74. The lowest BCUT2D eigenvalue weighted by Crippen LogP contribution is -2.41. The molecule has 1 aliphatic heterocycles. The van der Waals surface area contributed by atoms with E-state index in [0.717, 1.165) is 17.4 Å². The number of benzene rings is 2. The molecule has 0 bridgehead atoms. The topological polar surface area (TPSA) is 51.7 Å². The van der Waals surface area contributed by atoms with E-state index in [1.807, 2.05) is 0 Å². The smallest absolute Gasteiger partial charge is 0.274 e.